The highest BCUT2D eigenvalue weighted by Crippen LogP contribution is 2.08. The second kappa shape index (κ2) is 7.70. The van der Waals surface area contributed by atoms with Gasteiger partial charge < -0.3 is 10.6 Å². The van der Waals surface area contributed by atoms with Gasteiger partial charge in [0.2, 0.25) is 5.78 Å². The van der Waals surface area contributed by atoms with Gasteiger partial charge in [0.25, 0.3) is 5.91 Å². The Balaban J connectivity index is 1.89. The molecule has 5 nitrogen and oxygen atoms in total. The second-order valence-electron chi connectivity index (χ2n) is 4.90. The van der Waals surface area contributed by atoms with E-state index >= 15 is 0 Å². The predicted octanol–water partition coefficient (Wildman–Crippen LogP) is 3.15. The maximum atomic E-state index is 11.8. The summed E-state index contributed by atoms with van der Waals surface area (Å²) < 4.78 is 0. The topological polar surface area (TPSA) is 82.1 Å². The van der Waals surface area contributed by atoms with E-state index in [4.69, 9.17) is 5.41 Å². The zero-order valence-corrected chi connectivity index (χ0v) is 12.7. The van der Waals surface area contributed by atoms with Crippen LogP contribution in [0.25, 0.3) is 0 Å². The maximum absolute atomic E-state index is 11.8. The van der Waals surface area contributed by atoms with Gasteiger partial charge in [-0.3, -0.25) is 15.0 Å². The zero-order chi connectivity index (χ0) is 16.7. The Labute approximate surface area is 134 Å². The Kier molecular flexibility index (Phi) is 5.41. The number of nitrogens with one attached hydrogen (secondary N) is 3. The fraction of sp³-hybridized carbons (Fsp3) is 0.0556. The third-order valence-corrected chi connectivity index (χ3v) is 3.04. The molecule has 2 rings (SSSR count). The van der Waals surface area contributed by atoms with E-state index in [1.807, 2.05) is 37.3 Å². The maximum Gasteiger partial charge on any atom is 0.277 e. The minimum atomic E-state index is -0.735. The lowest BCUT2D eigenvalue weighted by Crippen LogP contribution is -2.28. The van der Waals surface area contributed by atoms with Crippen LogP contribution in [0.4, 0.5) is 11.4 Å². The van der Waals surface area contributed by atoms with Crippen molar-refractivity contribution in [1.29, 1.82) is 5.41 Å². The zero-order valence-electron chi connectivity index (χ0n) is 12.7. The highest BCUT2D eigenvalue weighted by atomic mass is 16.2. The molecule has 0 fully saturated rings. The molecular weight excluding hydrogens is 290 g/mol. The van der Waals surface area contributed by atoms with Crippen LogP contribution >= 0.6 is 0 Å². The van der Waals surface area contributed by atoms with Crippen molar-refractivity contribution in [1.82, 2.24) is 0 Å². The summed E-state index contributed by atoms with van der Waals surface area (Å²) >= 11 is 0. The number of carbonyl (C=O) groups excluding carboxylic acids is 2. The Bertz CT molecular complexity index is 735. The number of rotatable bonds is 6. The van der Waals surface area contributed by atoms with Gasteiger partial charge >= 0.3 is 0 Å². The van der Waals surface area contributed by atoms with Gasteiger partial charge in [-0.05, 0) is 31.2 Å². The monoisotopic (exact) mass is 307 g/mol. The van der Waals surface area contributed by atoms with Gasteiger partial charge in [-0.15, -0.1) is 0 Å². The summed E-state index contributed by atoms with van der Waals surface area (Å²) in [4.78, 5) is 23.6. The smallest absolute Gasteiger partial charge is 0.277 e. The van der Waals surface area contributed by atoms with Gasteiger partial charge in [-0.25, -0.2) is 0 Å². The van der Waals surface area contributed by atoms with E-state index in [9.17, 15) is 9.59 Å². The third kappa shape index (κ3) is 4.93. The second-order valence-corrected chi connectivity index (χ2v) is 4.90. The lowest BCUT2D eigenvalue weighted by atomic mass is 10.2. The first kappa shape index (κ1) is 16.2. The lowest BCUT2D eigenvalue weighted by molar-refractivity contribution is -0.113. The predicted molar refractivity (Wildman–Crippen MR) is 91.7 cm³/mol. The van der Waals surface area contributed by atoms with Crippen molar-refractivity contribution in [2.75, 3.05) is 10.6 Å². The third-order valence-electron chi connectivity index (χ3n) is 3.04. The van der Waals surface area contributed by atoms with Crippen molar-refractivity contribution in [3.8, 4) is 0 Å². The van der Waals surface area contributed by atoms with Crippen LogP contribution in [0, 0.1) is 12.3 Å². The quantitative estimate of drug-likeness (QED) is 0.435. The van der Waals surface area contributed by atoms with Crippen LogP contribution < -0.4 is 10.6 Å². The number of para-hydroxylation sites is 1. The molecule has 0 aliphatic rings. The molecule has 23 heavy (non-hydrogen) atoms. The van der Waals surface area contributed by atoms with Crippen LogP contribution in [0.3, 0.4) is 0 Å². The van der Waals surface area contributed by atoms with Gasteiger partial charge in [-0.2, -0.15) is 0 Å². The standard InChI is InChI=1S/C18H17N3O2/c1-13-7-9-14(10-8-13)20-12-11-16(22)17(19)18(23)21-15-5-3-2-4-6-15/h2-12,19-20H,1H3,(H,21,23)/b12-11-,19-17?. The van der Waals surface area contributed by atoms with E-state index in [-0.39, 0.29) is 0 Å². The summed E-state index contributed by atoms with van der Waals surface area (Å²) in [5.41, 5.74) is 1.88. The van der Waals surface area contributed by atoms with E-state index in [1.165, 1.54) is 6.20 Å². The van der Waals surface area contributed by atoms with Gasteiger partial charge in [-0.1, -0.05) is 35.9 Å². The van der Waals surface area contributed by atoms with Crippen LogP contribution in [-0.4, -0.2) is 17.4 Å². The van der Waals surface area contributed by atoms with Crippen LogP contribution in [0.1, 0.15) is 5.56 Å². The summed E-state index contributed by atoms with van der Waals surface area (Å²) in [5, 5.41) is 13.0. The van der Waals surface area contributed by atoms with E-state index in [1.54, 1.807) is 24.3 Å². The Hall–Kier alpha value is -3.21. The summed E-state index contributed by atoms with van der Waals surface area (Å²) in [6, 6.07) is 16.3. The Morgan fingerprint density at radius 1 is 0.957 bits per heavy atom. The molecule has 0 aliphatic heterocycles. The number of hydrogen-bond acceptors (Lipinski definition) is 4. The summed E-state index contributed by atoms with van der Waals surface area (Å²) in [6.45, 7) is 1.98. The highest BCUT2D eigenvalue weighted by molar-refractivity contribution is 6.68. The summed E-state index contributed by atoms with van der Waals surface area (Å²) in [5.74, 6) is -1.40. The van der Waals surface area contributed by atoms with E-state index in [0.717, 1.165) is 17.3 Å². The minimum absolute atomic E-state index is 0.539. The van der Waals surface area contributed by atoms with E-state index in [2.05, 4.69) is 10.6 Å². The number of ketones is 1. The number of benzene rings is 2. The fourth-order valence-electron chi connectivity index (χ4n) is 1.77. The SMILES string of the molecule is Cc1ccc(N/C=C\C(=O)C(=N)C(=O)Nc2ccccc2)cc1. The van der Waals surface area contributed by atoms with Crippen molar-refractivity contribution in [2.24, 2.45) is 0 Å². The molecule has 0 atom stereocenters. The largest absolute Gasteiger partial charge is 0.362 e. The van der Waals surface area contributed by atoms with Crippen LogP contribution in [0.15, 0.2) is 66.9 Å². The first-order chi connectivity index (χ1) is 11.1. The first-order valence-corrected chi connectivity index (χ1v) is 7.05. The van der Waals surface area contributed by atoms with Crippen molar-refractivity contribution in [3.05, 3.63) is 72.4 Å². The molecule has 2 aromatic carbocycles. The summed E-state index contributed by atoms with van der Waals surface area (Å²) in [7, 11) is 0. The lowest BCUT2D eigenvalue weighted by Gasteiger charge is -2.04. The molecule has 0 saturated carbocycles. The van der Waals surface area contributed by atoms with Crippen LogP contribution in [-0.2, 0) is 9.59 Å². The molecule has 0 bridgehead atoms. The van der Waals surface area contributed by atoms with Crippen molar-refractivity contribution < 1.29 is 9.59 Å². The molecule has 0 spiro atoms. The first-order valence-electron chi connectivity index (χ1n) is 7.05. The van der Waals surface area contributed by atoms with Crippen molar-refractivity contribution in [2.45, 2.75) is 6.92 Å². The summed E-state index contributed by atoms with van der Waals surface area (Å²) in [6.07, 6.45) is 2.57. The van der Waals surface area contributed by atoms with Gasteiger partial charge in [0.05, 0.1) is 0 Å². The number of hydrogen-bond donors (Lipinski definition) is 3. The molecule has 3 N–H and O–H groups in total. The molecule has 0 saturated heterocycles. The molecule has 0 aromatic heterocycles. The number of carbonyl (C=O) groups is 2. The molecule has 2 aromatic rings. The number of anilines is 2. The Morgan fingerprint density at radius 2 is 1.61 bits per heavy atom. The minimum Gasteiger partial charge on any atom is -0.362 e. The van der Waals surface area contributed by atoms with Crippen LogP contribution in [0.5, 0.6) is 0 Å². The van der Waals surface area contributed by atoms with Crippen LogP contribution in [0.2, 0.25) is 0 Å². The number of allylic oxidation sites excluding steroid dienone is 1. The highest BCUT2D eigenvalue weighted by Gasteiger charge is 2.15. The molecule has 0 radical (unpaired) electrons. The molecule has 0 aliphatic carbocycles. The average molecular weight is 307 g/mol. The fourth-order valence-corrected chi connectivity index (χ4v) is 1.77. The molecule has 0 unspecified atom stereocenters. The molecule has 1 amide bonds. The number of aryl methyl sites for hydroxylation is 1. The van der Waals surface area contributed by atoms with Crippen molar-refractivity contribution in [3.63, 3.8) is 0 Å². The molecular formula is C18H17N3O2. The van der Waals surface area contributed by atoms with E-state index < -0.39 is 17.4 Å². The normalized spacial score (nSPS) is 10.3. The van der Waals surface area contributed by atoms with Crippen molar-refractivity contribution >= 4 is 28.8 Å². The van der Waals surface area contributed by atoms with Gasteiger partial charge in [0.15, 0.2) is 5.71 Å². The van der Waals surface area contributed by atoms with Gasteiger partial charge in [0.1, 0.15) is 0 Å². The van der Waals surface area contributed by atoms with Gasteiger partial charge in [0, 0.05) is 23.7 Å². The van der Waals surface area contributed by atoms with E-state index in [0.29, 0.717) is 5.69 Å². The molecule has 5 heteroatoms. The average Bonchev–Trinajstić information content (AvgIpc) is 2.56. The number of amides is 1. The molecule has 116 valence electrons. The molecule has 0 heterocycles. The Morgan fingerprint density at radius 3 is 2.26 bits per heavy atom.